The molecule has 0 fully saturated rings. The zero-order chi connectivity index (χ0) is 20.6. The minimum atomic E-state index is -0.718. The summed E-state index contributed by atoms with van der Waals surface area (Å²) < 4.78 is 25.8. The zero-order valence-electron chi connectivity index (χ0n) is 15.6. The second kappa shape index (κ2) is 9.45. The van der Waals surface area contributed by atoms with Crippen molar-refractivity contribution >= 4 is 18.2 Å². The number of hydrogen-bond donors (Lipinski definition) is 1. The standard InChI is InChI=1S/C20H19NO8/c1-25-17-7-14(9-22)3-5-15(17)26-11-20(24)27-10-19(23)21-8-13-2-4-16-18(6-13)29-12-28-16/h2-7,9H,8,10-12H2,1H3,(H,21,23). The van der Waals surface area contributed by atoms with Gasteiger partial charge in [-0.15, -0.1) is 0 Å². The lowest BCUT2D eigenvalue weighted by molar-refractivity contribution is -0.150. The average molecular weight is 401 g/mol. The molecule has 9 heteroatoms. The van der Waals surface area contributed by atoms with Crippen LogP contribution in [0.2, 0.25) is 0 Å². The Morgan fingerprint density at radius 2 is 1.90 bits per heavy atom. The van der Waals surface area contributed by atoms with E-state index in [1.807, 2.05) is 0 Å². The number of carbonyl (C=O) groups excluding carboxylic acids is 3. The first-order valence-electron chi connectivity index (χ1n) is 8.66. The predicted octanol–water partition coefficient (Wildman–Crippen LogP) is 1.47. The van der Waals surface area contributed by atoms with Crippen molar-refractivity contribution in [1.82, 2.24) is 5.32 Å². The maximum atomic E-state index is 11.9. The molecule has 1 amide bonds. The maximum absolute atomic E-state index is 11.9. The van der Waals surface area contributed by atoms with Gasteiger partial charge in [-0.3, -0.25) is 9.59 Å². The number of nitrogens with one attached hydrogen (secondary N) is 1. The Bertz CT molecular complexity index is 911. The van der Waals surface area contributed by atoms with Crippen LogP contribution in [0.3, 0.4) is 0 Å². The van der Waals surface area contributed by atoms with Crippen LogP contribution in [-0.4, -0.2) is 45.3 Å². The van der Waals surface area contributed by atoms with Crippen LogP contribution in [0.25, 0.3) is 0 Å². The van der Waals surface area contributed by atoms with Crippen molar-refractivity contribution in [1.29, 1.82) is 0 Å². The molecule has 9 nitrogen and oxygen atoms in total. The molecule has 29 heavy (non-hydrogen) atoms. The number of aldehydes is 1. The van der Waals surface area contributed by atoms with E-state index in [-0.39, 0.29) is 19.1 Å². The molecule has 0 atom stereocenters. The first-order valence-corrected chi connectivity index (χ1v) is 8.66. The Morgan fingerprint density at radius 3 is 2.69 bits per heavy atom. The Balaban J connectivity index is 1.40. The number of benzene rings is 2. The van der Waals surface area contributed by atoms with E-state index < -0.39 is 25.1 Å². The SMILES string of the molecule is COc1cc(C=O)ccc1OCC(=O)OCC(=O)NCc1ccc2c(c1)OCO2. The number of hydrogen-bond acceptors (Lipinski definition) is 8. The monoisotopic (exact) mass is 401 g/mol. The molecule has 0 unspecified atom stereocenters. The van der Waals surface area contributed by atoms with Crippen LogP contribution >= 0.6 is 0 Å². The number of amides is 1. The number of esters is 1. The molecule has 0 saturated carbocycles. The average Bonchev–Trinajstić information content (AvgIpc) is 3.22. The normalized spacial score (nSPS) is 11.5. The molecule has 3 rings (SSSR count). The summed E-state index contributed by atoms with van der Waals surface area (Å²) in [6.45, 7) is -0.416. The smallest absolute Gasteiger partial charge is 0.344 e. The minimum Gasteiger partial charge on any atom is -0.493 e. The summed E-state index contributed by atoms with van der Waals surface area (Å²) in [6.07, 6.45) is 0.669. The Kier molecular flexibility index (Phi) is 6.51. The fraction of sp³-hybridized carbons (Fsp3) is 0.250. The van der Waals surface area contributed by atoms with Crippen molar-refractivity contribution in [3.63, 3.8) is 0 Å². The molecule has 0 radical (unpaired) electrons. The van der Waals surface area contributed by atoms with Crippen LogP contribution in [0.1, 0.15) is 15.9 Å². The first-order chi connectivity index (χ1) is 14.1. The molecule has 0 spiro atoms. The summed E-state index contributed by atoms with van der Waals surface area (Å²) >= 11 is 0. The molecule has 1 aliphatic heterocycles. The van der Waals surface area contributed by atoms with Gasteiger partial charge in [-0.05, 0) is 35.9 Å². The number of fused-ring (bicyclic) bond motifs is 1. The van der Waals surface area contributed by atoms with E-state index >= 15 is 0 Å². The highest BCUT2D eigenvalue weighted by atomic mass is 16.7. The van der Waals surface area contributed by atoms with E-state index in [2.05, 4.69) is 5.32 Å². The molecule has 152 valence electrons. The molecule has 1 N–H and O–H groups in total. The van der Waals surface area contributed by atoms with Crippen molar-refractivity contribution in [2.75, 3.05) is 27.1 Å². The molecule has 1 heterocycles. The lowest BCUT2D eigenvalue weighted by Crippen LogP contribution is -2.29. The maximum Gasteiger partial charge on any atom is 0.344 e. The number of rotatable bonds is 9. The summed E-state index contributed by atoms with van der Waals surface area (Å²) in [5.74, 6) is 0.697. The van der Waals surface area contributed by atoms with Crippen LogP contribution in [-0.2, 0) is 20.9 Å². The number of carbonyl (C=O) groups is 3. The number of ether oxygens (including phenoxy) is 5. The van der Waals surface area contributed by atoms with Gasteiger partial charge in [0.1, 0.15) is 6.29 Å². The largest absolute Gasteiger partial charge is 0.493 e. The number of methoxy groups -OCH3 is 1. The summed E-state index contributed by atoms with van der Waals surface area (Å²) in [6, 6.07) is 9.85. The van der Waals surface area contributed by atoms with Crippen LogP contribution in [0.5, 0.6) is 23.0 Å². The van der Waals surface area contributed by atoms with Crippen molar-refractivity contribution in [3.8, 4) is 23.0 Å². The van der Waals surface area contributed by atoms with Crippen LogP contribution in [0.4, 0.5) is 0 Å². The van der Waals surface area contributed by atoms with E-state index in [9.17, 15) is 14.4 Å². The van der Waals surface area contributed by atoms with E-state index in [0.29, 0.717) is 29.1 Å². The van der Waals surface area contributed by atoms with E-state index in [1.165, 1.54) is 25.3 Å². The van der Waals surface area contributed by atoms with Gasteiger partial charge >= 0.3 is 5.97 Å². The Labute approximate surface area is 166 Å². The topological polar surface area (TPSA) is 109 Å². The summed E-state index contributed by atoms with van der Waals surface area (Å²) in [5.41, 5.74) is 1.24. The third-order valence-corrected chi connectivity index (χ3v) is 3.96. The summed E-state index contributed by atoms with van der Waals surface area (Å²) in [7, 11) is 1.42. The molecule has 0 aliphatic carbocycles. The van der Waals surface area contributed by atoms with Crippen LogP contribution in [0, 0.1) is 0 Å². The highest BCUT2D eigenvalue weighted by molar-refractivity contribution is 5.81. The highest BCUT2D eigenvalue weighted by Gasteiger charge is 2.14. The van der Waals surface area contributed by atoms with Crippen molar-refractivity contribution in [3.05, 3.63) is 47.5 Å². The quantitative estimate of drug-likeness (QED) is 0.497. The predicted molar refractivity (Wildman–Crippen MR) is 99.2 cm³/mol. The molecular formula is C20H19NO8. The molecule has 2 aromatic rings. The Morgan fingerprint density at radius 1 is 1.07 bits per heavy atom. The van der Waals surface area contributed by atoms with Crippen LogP contribution < -0.4 is 24.3 Å². The van der Waals surface area contributed by atoms with Gasteiger partial charge in [0, 0.05) is 12.1 Å². The second-order valence-electron chi connectivity index (χ2n) is 5.94. The molecule has 0 saturated heterocycles. The van der Waals surface area contributed by atoms with Gasteiger partial charge in [0.2, 0.25) is 6.79 Å². The van der Waals surface area contributed by atoms with Gasteiger partial charge in [-0.1, -0.05) is 6.07 Å². The second-order valence-corrected chi connectivity index (χ2v) is 5.94. The van der Waals surface area contributed by atoms with Gasteiger partial charge in [0.15, 0.2) is 36.2 Å². The molecule has 0 bridgehead atoms. The fourth-order valence-corrected chi connectivity index (χ4v) is 2.50. The van der Waals surface area contributed by atoms with Gasteiger partial charge in [-0.25, -0.2) is 4.79 Å². The molecule has 0 aromatic heterocycles. The van der Waals surface area contributed by atoms with E-state index in [4.69, 9.17) is 23.7 Å². The molecule has 2 aromatic carbocycles. The lowest BCUT2D eigenvalue weighted by Gasteiger charge is -2.11. The van der Waals surface area contributed by atoms with Crippen molar-refractivity contribution in [2.24, 2.45) is 0 Å². The fourth-order valence-electron chi connectivity index (χ4n) is 2.50. The van der Waals surface area contributed by atoms with Gasteiger partial charge in [-0.2, -0.15) is 0 Å². The van der Waals surface area contributed by atoms with Crippen molar-refractivity contribution < 1.29 is 38.1 Å². The zero-order valence-corrected chi connectivity index (χ0v) is 15.6. The Hall–Kier alpha value is -3.75. The van der Waals surface area contributed by atoms with Crippen LogP contribution in [0.15, 0.2) is 36.4 Å². The summed E-state index contributed by atoms with van der Waals surface area (Å²) in [5, 5.41) is 2.64. The molecule has 1 aliphatic rings. The molecular weight excluding hydrogens is 382 g/mol. The summed E-state index contributed by atoms with van der Waals surface area (Å²) in [4.78, 5) is 34.4. The first kappa shape index (κ1) is 20.0. The third kappa shape index (κ3) is 5.38. The minimum absolute atomic E-state index is 0.177. The third-order valence-electron chi connectivity index (χ3n) is 3.96. The highest BCUT2D eigenvalue weighted by Crippen LogP contribution is 2.32. The lowest BCUT2D eigenvalue weighted by atomic mass is 10.2. The van der Waals surface area contributed by atoms with Gasteiger partial charge in [0.05, 0.1) is 7.11 Å². The van der Waals surface area contributed by atoms with Crippen molar-refractivity contribution in [2.45, 2.75) is 6.54 Å². The van der Waals surface area contributed by atoms with E-state index in [1.54, 1.807) is 18.2 Å². The van der Waals surface area contributed by atoms with Gasteiger partial charge in [0.25, 0.3) is 5.91 Å². The van der Waals surface area contributed by atoms with Gasteiger partial charge < -0.3 is 29.0 Å². The van der Waals surface area contributed by atoms with E-state index in [0.717, 1.165) is 5.56 Å².